The molecule has 0 unspecified atom stereocenters. The molecule has 0 spiro atoms. The van der Waals surface area contributed by atoms with Crippen LogP contribution in [0, 0.1) is 0 Å². The Kier molecular flexibility index (Phi) is 6.78. The first-order valence-electron chi connectivity index (χ1n) is 20.8. The van der Waals surface area contributed by atoms with Gasteiger partial charge in [-0.2, -0.15) is 0 Å². The van der Waals surface area contributed by atoms with Crippen molar-refractivity contribution >= 4 is 65.6 Å². The van der Waals surface area contributed by atoms with Crippen LogP contribution in [0.4, 0.5) is 0 Å². The summed E-state index contributed by atoms with van der Waals surface area (Å²) in [6.07, 6.45) is 0. The quantitative estimate of drug-likeness (QED) is 0.175. The highest BCUT2D eigenvalue weighted by atomic mass is 16.3. The minimum atomic E-state index is -0.144. The van der Waals surface area contributed by atoms with Gasteiger partial charge in [0.2, 0.25) is 0 Å². The molecule has 0 fully saturated rings. The molecule has 0 aliphatic heterocycles. The van der Waals surface area contributed by atoms with E-state index in [1.54, 1.807) is 0 Å². The highest BCUT2D eigenvalue weighted by Crippen LogP contribution is 2.52. The molecule has 9 aromatic carbocycles. The second-order valence-electron chi connectivity index (χ2n) is 16.9. The van der Waals surface area contributed by atoms with Gasteiger partial charge in [0, 0.05) is 49.0 Å². The molecule has 3 aromatic heterocycles. The molecule has 12 aromatic rings. The van der Waals surface area contributed by atoms with Crippen LogP contribution in [0.3, 0.4) is 0 Å². The van der Waals surface area contributed by atoms with Gasteiger partial charge in [0.25, 0.3) is 0 Å². The number of para-hydroxylation sites is 3. The molecule has 0 amide bonds. The average molecular weight is 767 g/mol. The van der Waals surface area contributed by atoms with Crippen molar-refractivity contribution in [3.63, 3.8) is 0 Å². The van der Waals surface area contributed by atoms with E-state index < -0.39 is 0 Å². The van der Waals surface area contributed by atoms with E-state index in [9.17, 15) is 0 Å². The highest BCUT2D eigenvalue weighted by molar-refractivity contribution is 6.16. The molecule has 1 aliphatic carbocycles. The molecule has 0 radical (unpaired) electrons. The van der Waals surface area contributed by atoms with E-state index in [-0.39, 0.29) is 5.41 Å². The molecular weight excluding hydrogens is 729 g/mol. The third kappa shape index (κ3) is 4.55. The van der Waals surface area contributed by atoms with Gasteiger partial charge >= 0.3 is 0 Å². The predicted molar refractivity (Wildman–Crippen MR) is 251 cm³/mol. The van der Waals surface area contributed by atoms with Crippen LogP contribution >= 0.6 is 0 Å². The molecule has 3 heterocycles. The number of hydrogen-bond acceptors (Lipinski definition) is 1. The second kappa shape index (κ2) is 12.2. The maximum atomic E-state index is 6.50. The minimum absolute atomic E-state index is 0.144. The maximum absolute atomic E-state index is 6.50. The Morgan fingerprint density at radius 3 is 1.85 bits per heavy atom. The van der Waals surface area contributed by atoms with Crippen molar-refractivity contribution in [3.05, 3.63) is 205 Å². The molecule has 3 heteroatoms. The zero-order valence-corrected chi connectivity index (χ0v) is 33.3. The Balaban J connectivity index is 1.14. The van der Waals surface area contributed by atoms with E-state index in [2.05, 4.69) is 217 Å². The summed E-state index contributed by atoms with van der Waals surface area (Å²) in [5.74, 6) is 0. The molecule has 0 saturated carbocycles. The van der Waals surface area contributed by atoms with E-state index >= 15 is 0 Å². The summed E-state index contributed by atoms with van der Waals surface area (Å²) in [7, 11) is 0. The first-order chi connectivity index (χ1) is 29.5. The maximum Gasteiger partial charge on any atom is 0.136 e. The third-order valence-electron chi connectivity index (χ3n) is 13.3. The van der Waals surface area contributed by atoms with E-state index in [1.807, 2.05) is 0 Å². The topological polar surface area (TPSA) is 23.0 Å². The largest absolute Gasteiger partial charge is 0.456 e. The number of fused-ring (bicyclic) bond motifs is 12. The summed E-state index contributed by atoms with van der Waals surface area (Å²) in [6, 6.07) is 71.2. The van der Waals surface area contributed by atoms with Crippen molar-refractivity contribution in [1.82, 2.24) is 9.13 Å². The van der Waals surface area contributed by atoms with Crippen LogP contribution in [0.2, 0.25) is 0 Å². The Labute approximate surface area is 347 Å². The van der Waals surface area contributed by atoms with Crippen LogP contribution < -0.4 is 0 Å². The molecule has 1 aliphatic rings. The standard InChI is InChI=1S/C57H38N2O/c1-57(2)47-22-10-6-17-38(47)44-33-46-40-19-8-12-24-50(40)59(53(46)34-48(44)57)52-32-37(28-29-41(52)42-21-14-26-55-56(42)43-20-9-13-25-54(43)60-55)58-49-23-11-7-18-39(49)45-31-36(27-30-51(45)58)35-15-4-3-5-16-35/h3-34H,1-2H3. The summed E-state index contributed by atoms with van der Waals surface area (Å²) >= 11 is 0. The third-order valence-corrected chi connectivity index (χ3v) is 13.3. The van der Waals surface area contributed by atoms with E-state index in [0.717, 1.165) is 44.4 Å². The van der Waals surface area contributed by atoms with Gasteiger partial charge in [-0.15, -0.1) is 0 Å². The summed E-state index contributed by atoms with van der Waals surface area (Å²) in [6.45, 7) is 4.75. The van der Waals surface area contributed by atoms with Crippen LogP contribution in [0.5, 0.6) is 0 Å². The number of rotatable bonds is 4. The van der Waals surface area contributed by atoms with Gasteiger partial charge in [0.15, 0.2) is 0 Å². The van der Waals surface area contributed by atoms with Gasteiger partial charge < -0.3 is 13.6 Å². The second-order valence-corrected chi connectivity index (χ2v) is 16.9. The molecule has 0 bridgehead atoms. The van der Waals surface area contributed by atoms with Crippen LogP contribution in [0.1, 0.15) is 25.0 Å². The molecule has 0 N–H and O–H groups in total. The summed E-state index contributed by atoms with van der Waals surface area (Å²) in [5, 5.41) is 7.22. The first-order valence-corrected chi connectivity index (χ1v) is 20.8. The van der Waals surface area contributed by atoms with Crippen molar-refractivity contribution in [3.8, 4) is 44.8 Å². The molecular formula is C57H38N2O. The Hall–Kier alpha value is -7.62. The van der Waals surface area contributed by atoms with Crippen LogP contribution in [-0.2, 0) is 5.41 Å². The highest BCUT2D eigenvalue weighted by Gasteiger charge is 2.36. The fourth-order valence-electron chi connectivity index (χ4n) is 10.6. The molecule has 0 atom stereocenters. The van der Waals surface area contributed by atoms with Crippen LogP contribution in [0.25, 0.3) is 110 Å². The normalized spacial score (nSPS) is 13.3. The lowest BCUT2D eigenvalue weighted by Crippen LogP contribution is -2.15. The van der Waals surface area contributed by atoms with Gasteiger partial charge in [0.1, 0.15) is 11.2 Å². The van der Waals surface area contributed by atoms with E-state index in [1.165, 1.54) is 77.0 Å². The van der Waals surface area contributed by atoms with E-state index in [4.69, 9.17) is 4.42 Å². The predicted octanol–water partition coefficient (Wildman–Crippen LogP) is 15.4. The van der Waals surface area contributed by atoms with Crippen molar-refractivity contribution in [2.75, 3.05) is 0 Å². The lowest BCUT2D eigenvalue weighted by atomic mass is 9.82. The number of nitrogens with zero attached hydrogens (tertiary/aromatic N) is 2. The fraction of sp³-hybridized carbons (Fsp3) is 0.0526. The zero-order chi connectivity index (χ0) is 39.7. The van der Waals surface area contributed by atoms with Crippen molar-refractivity contribution in [2.24, 2.45) is 0 Å². The average Bonchev–Trinajstić information content (AvgIpc) is 4.01. The molecule has 13 rings (SSSR count). The summed E-state index contributed by atoms with van der Waals surface area (Å²) in [4.78, 5) is 0. The number of benzene rings is 9. The van der Waals surface area contributed by atoms with Gasteiger partial charge in [0.05, 0.1) is 27.8 Å². The lowest BCUT2D eigenvalue weighted by Gasteiger charge is -2.22. The molecule has 282 valence electrons. The number of aromatic nitrogens is 2. The van der Waals surface area contributed by atoms with Gasteiger partial charge in [-0.3, -0.25) is 0 Å². The Morgan fingerprint density at radius 2 is 1.02 bits per heavy atom. The van der Waals surface area contributed by atoms with Gasteiger partial charge in [-0.05, 0) is 99.6 Å². The van der Waals surface area contributed by atoms with Crippen molar-refractivity contribution in [2.45, 2.75) is 19.3 Å². The molecule has 60 heavy (non-hydrogen) atoms. The molecule has 3 nitrogen and oxygen atoms in total. The number of hydrogen-bond donors (Lipinski definition) is 0. The monoisotopic (exact) mass is 766 g/mol. The fourth-order valence-corrected chi connectivity index (χ4v) is 10.6. The zero-order valence-electron chi connectivity index (χ0n) is 33.3. The first kappa shape index (κ1) is 33.4. The van der Waals surface area contributed by atoms with Crippen LogP contribution in [0.15, 0.2) is 199 Å². The van der Waals surface area contributed by atoms with E-state index in [0.29, 0.717) is 0 Å². The Morgan fingerprint density at radius 1 is 0.367 bits per heavy atom. The summed E-state index contributed by atoms with van der Waals surface area (Å²) in [5.41, 5.74) is 18.7. The lowest BCUT2D eigenvalue weighted by molar-refractivity contribution is 0.661. The van der Waals surface area contributed by atoms with Gasteiger partial charge in [-0.25, -0.2) is 0 Å². The van der Waals surface area contributed by atoms with Crippen LogP contribution in [-0.4, -0.2) is 9.13 Å². The number of furan rings is 1. The van der Waals surface area contributed by atoms with Crippen molar-refractivity contribution < 1.29 is 4.42 Å². The minimum Gasteiger partial charge on any atom is -0.456 e. The SMILES string of the molecule is CC1(C)c2ccccc2-c2cc3c4ccccc4n(-c4cc(-n5c6ccccc6c6cc(-c7ccccc7)ccc65)ccc4-c4cccc5oc6ccccc6c45)c3cc21. The summed E-state index contributed by atoms with van der Waals surface area (Å²) < 4.78 is 11.5. The Bertz CT molecular complexity index is 3740. The van der Waals surface area contributed by atoms with Gasteiger partial charge in [-0.1, -0.05) is 147 Å². The smallest absolute Gasteiger partial charge is 0.136 e. The van der Waals surface area contributed by atoms with Crippen molar-refractivity contribution in [1.29, 1.82) is 0 Å². The molecule has 0 saturated heterocycles.